The largest absolute Gasteiger partial charge is 0.294 e. The van der Waals surface area contributed by atoms with Crippen LogP contribution in [-0.4, -0.2) is 33.3 Å². The lowest BCUT2D eigenvalue weighted by Crippen LogP contribution is -2.36. The van der Waals surface area contributed by atoms with Crippen LogP contribution in [-0.2, 0) is 10.0 Å². The van der Waals surface area contributed by atoms with Crippen molar-refractivity contribution in [2.45, 2.75) is 18.2 Å². The van der Waals surface area contributed by atoms with E-state index in [1.54, 1.807) is 33.2 Å². The Morgan fingerprint density at radius 3 is 2.53 bits per heavy atom. The van der Waals surface area contributed by atoms with Gasteiger partial charge >= 0.3 is 0 Å². The summed E-state index contributed by atoms with van der Waals surface area (Å²) < 4.78 is 23.7. The van der Waals surface area contributed by atoms with Gasteiger partial charge in [-0.2, -0.15) is 0 Å². The number of benzene rings is 1. The second-order valence-electron chi connectivity index (χ2n) is 3.79. The zero-order chi connectivity index (χ0) is 13.1. The molecule has 1 N–H and O–H groups in total. The molecule has 0 bridgehead atoms. The molecule has 94 valence electrons. The van der Waals surface area contributed by atoms with E-state index in [1.165, 1.54) is 17.1 Å². The molecule has 0 saturated carbocycles. The molecule has 0 aromatic heterocycles. The van der Waals surface area contributed by atoms with Crippen molar-refractivity contribution in [3.8, 4) is 0 Å². The molecule has 0 aliphatic rings. The first kappa shape index (κ1) is 13.8. The number of hydrogen-bond acceptors (Lipinski definition) is 4. The van der Waals surface area contributed by atoms with Crippen molar-refractivity contribution < 1.29 is 13.2 Å². The molecular weight excluding hydrogens is 240 g/mol. The fraction of sp³-hybridized carbons (Fsp3) is 0.364. The lowest BCUT2D eigenvalue weighted by atomic mass is 10.1. The van der Waals surface area contributed by atoms with Gasteiger partial charge in [0, 0.05) is 26.1 Å². The number of hydrogen-bond donors (Lipinski definition) is 1. The molecule has 0 spiro atoms. The molecule has 6 heteroatoms. The van der Waals surface area contributed by atoms with Gasteiger partial charge in [0.25, 0.3) is 10.0 Å². The van der Waals surface area contributed by atoms with E-state index in [1.807, 2.05) is 0 Å². The highest BCUT2D eigenvalue weighted by atomic mass is 32.2. The lowest BCUT2D eigenvalue weighted by molar-refractivity contribution is 0.0988. The van der Waals surface area contributed by atoms with Gasteiger partial charge in [-0.3, -0.25) is 4.79 Å². The molecule has 0 radical (unpaired) electrons. The minimum absolute atomic E-state index is 0.0769. The van der Waals surface area contributed by atoms with E-state index in [0.717, 1.165) is 0 Å². The number of hydrazine groups is 1. The number of nitrogens with zero attached hydrogens (tertiary/aromatic N) is 1. The van der Waals surface area contributed by atoms with Gasteiger partial charge in [-0.25, -0.2) is 13.4 Å². The highest BCUT2D eigenvalue weighted by molar-refractivity contribution is 7.89. The first-order valence-corrected chi connectivity index (χ1v) is 6.68. The first-order valence-electron chi connectivity index (χ1n) is 5.20. The molecule has 0 heterocycles. The summed E-state index contributed by atoms with van der Waals surface area (Å²) in [6.07, 6.45) is 0.352. The fourth-order valence-corrected chi connectivity index (χ4v) is 2.46. The van der Waals surface area contributed by atoms with Crippen LogP contribution in [0.25, 0.3) is 0 Å². The van der Waals surface area contributed by atoms with Gasteiger partial charge < -0.3 is 0 Å². The van der Waals surface area contributed by atoms with Crippen LogP contribution in [0, 0.1) is 0 Å². The van der Waals surface area contributed by atoms with E-state index in [0.29, 0.717) is 12.0 Å². The molecule has 0 aliphatic carbocycles. The van der Waals surface area contributed by atoms with Crippen LogP contribution in [0.1, 0.15) is 23.7 Å². The van der Waals surface area contributed by atoms with Gasteiger partial charge in [-0.05, 0) is 12.1 Å². The maximum Gasteiger partial charge on any atom is 0.253 e. The van der Waals surface area contributed by atoms with Crippen LogP contribution in [0.3, 0.4) is 0 Å². The third kappa shape index (κ3) is 3.62. The molecule has 1 aromatic carbocycles. The molecule has 0 amide bonds. The maximum atomic E-state index is 11.8. The topological polar surface area (TPSA) is 66.5 Å². The van der Waals surface area contributed by atoms with Crippen LogP contribution in [0.5, 0.6) is 0 Å². The predicted octanol–water partition coefficient (Wildman–Crippen LogP) is 1.03. The van der Waals surface area contributed by atoms with Gasteiger partial charge in [0.15, 0.2) is 5.78 Å². The number of Topliss-reactive ketones (excluding diaryl/α,β-unsaturated/α-hetero) is 1. The molecule has 5 nitrogen and oxygen atoms in total. The van der Waals surface area contributed by atoms with Crippen LogP contribution in [0.2, 0.25) is 0 Å². The molecule has 0 saturated heterocycles. The first-order chi connectivity index (χ1) is 7.86. The molecule has 0 fully saturated rings. The zero-order valence-corrected chi connectivity index (χ0v) is 10.9. The quantitative estimate of drug-likeness (QED) is 0.631. The minimum Gasteiger partial charge on any atom is -0.294 e. The highest BCUT2D eigenvalue weighted by Crippen LogP contribution is 2.12. The standard InChI is InChI=1S/C11H16N2O3S/c1-4-11(14)9-6-5-7-10(8-9)17(15,16)12-13(2)3/h5-8,12H,4H2,1-3H3. The smallest absolute Gasteiger partial charge is 0.253 e. The number of carbonyl (C=O) groups excluding carboxylic acids is 1. The monoisotopic (exact) mass is 256 g/mol. The summed E-state index contributed by atoms with van der Waals surface area (Å²) in [5.74, 6) is -0.0769. The van der Waals surface area contributed by atoms with Gasteiger partial charge in [0.2, 0.25) is 0 Å². The summed E-state index contributed by atoms with van der Waals surface area (Å²) in [6.45, 7) is 1.74. The predicted molar refractivity (Wildman–Crippen MR) is 65.1 cm³/mol. The van der Waals surface area contributed by atoms with E-state index in [4.69, 9.17) is 0 Å². The number of sulfonamides is 1. The number of rotatable bonds is 5. The van der Waals surface area contributed by atoms with Crippen LogP contribution in [0.15, 0.2) is 29.2 Å². The molecule has 0 unspecified atom stereocenters. The van der Waals surface area contributed by atoms with E-state index in [9.17, 15) is 13.2 Å². The van der Waals surface area contributed by atoms with E-state index < -0.39 is 10.0 Å². The van der Waals surface area contributed by atoms with Gasteiger partial charge in [0.05, 0.1) is 4.90 Å². The average molecular weight is 256 g/mol. The van der Waals surface area contributed by atoms with Crippen LogP contribution in [0.4, 0.5) is 0 Å². The van der Waals surface area contributed by atoms with Crippen molar-refractivity contribution in [1.29, 1.82) is 0 Å². The second-order valence-corrected chi connectivity index (χ2v) is 5.45. The van der Waals surface area contributed by atoms with Crippen molar-refractivity contribution >= 4 is 15.8 Å². The third-order valence-electron chi connectivity index (χ3n) is 2.09. The van der Waals surface area contributed by atoms with Gasteiger partial charge in [-0.1, -0.05) is 19.1 Å². The summed E-state index contributed by atoms with van der Waals surface area (Å²) >= 11 is 0. The van der Waals surface area contributed by atoms with E-state index in [-0.39, 0.29) is 10.7 Å². The molecule has 0 atom stereocenters. The Balaban J connectivity index is 3.12. The van der Waals surface area contributed by atoms with Gasteiger partial charge in [-0.15, -0.1) is 4.83 Å². The number of carbonyl (C=O) groups is 1. The Morgan fingerprint density at radius 2 is 2.00 bits per heavy atom. The van der Waals surface area contributed by atoms with Crippen molar-refractivity contribution in [2.24, 2.45) is 0 Å². The lowest BCUT2D eigenvalue weighted by Gasteiger charge is -2.12. The van der Waals surface area contributed by atoms with Crippen molar-refractivity contribution in [2.75, 3.05) is 14.1 Å². The molecule has 1 rings (SSSR count). The normalized spacial score (nSPS) is 11.8. The summed E-state index contributed by atoms with van der Waals surface area (Å²) in [5.41, 5.74) is 0.411. The fourth-order valence-electron chi connectivity index (χ4n) is 1.33. The van der Waals surface area contributed by atoms with Gasteiger partial charge in [0.1, 0.15) is 0 Å². The van der Waals surface area contributed by atoms with Crippen molar-refractivity contribution in [1.82, 2.24) is 9.84 Å². The number of nitrogens with one attached hydrogen (secondary N) is 1. The van der Waals surface area contributed by atoms with E-state index >= 15 is 0 Å². The molecular formula is C11H16N2O3S. The summed E-state index contributed by atoms with van der Waals surface area (Å²) in [5, 5.41) is 1.34. The summed E-state index contributed by atoms with van der Waals surface area (Å²) in [6, 6.07) is 6.02. The third-order valence-corrected chi connectivity index (χ3v) is 3.57. The van der Waals surface area contributed by atoms with Crippen LogP contribution >= 0.6 is 0 Å². The second kappa shape index (κ2) is 5.39. The Morgan fingerprint density at radius 1 is 1.35 bits per heavy atom. The summed E-state index contributed by atoms with van der Waals surface area (Å²) in [7, 11) is -0.436. The Kier molecular flexibility index (Phi) is 4.39. The highest BCUT2D eigenvalue weighted by Gasteiger charge is 2.16. The molecule has 1 aromatic rings. The average Bonchev–Trinajstić information content (AvgIpc) is 2.26. The Labute approximate surface area is 101 Å². The molecule has 17 heavy (non-hydrogen) atoms. The summed E-state index contributed by atoms with van der Waals surface area (Å²) in [4.78, 5) is 13.9. The SMILES string of the molecule is CCC(=O)c1cccc(S(=O)(=O)NN(C)C)c1. The maximum absolute atomic E-state index is 11.8. The number of ketones is 1. The Bertz CT molecular complexity index is 509. The zero-order valence-electron chi connectivity index (χ0n) is 10.1. The van der Waals surface area contributed by atoms with Crippen LogP contribution < -0.4 is 4.83 Å². The van der Waals surface area contributed by atoms with Crippen molar-refractivity contribution in [3.63, 3.8) is 0 Å². The molecule has 0 aliphatic heterocycles. The van der Waals surface area contributed by atoms with E-state index in [2.05, 4.69) is 4.83 Å². The Hall–Kier alpha value is -1.24. The minimum atomic E-state index is -3.60. The van der Waals surface area contributed by atoms with Crippen molar-refractivity contribution in [3.05, 3.63) is 29.8 Å².